The van der Waals surface area contributed by atoms with Gasteiger partial charge in [-0.2, -0.15) is 8.78 Å². The van der Waals surface area contributed by atoms with Crippen LogP contribution in [0.15, 0.2) is 48.5 Å². The molecule has 1 aromatic heterocycles. The molecule has 0 saturated carbocycles. The van der Waals surface area contributed by atoms with E-state index in [0.717, 1.165) is 23.1 Å². The van der Waals surface area contributed by atoms with Crippen LogP contribution >= 0.6 is 11.3 Å². The first kappa shape index (κ1) is 18.8. The Kier molecular flexibility index (Phi) is 5.50. The van der Waals surface area contributed by atoms with Crippen molar-refractivity contribution in [2.24, 2.45) is 0 Å². The second kappa shape index (κ2) is 8.20. The molecule has 146 valence electrons. The maximum atomic E-state index is 13.3. The maximum Gasteiger partial charge on any atom is 0.387 e. The fourth-order valence-corrected chi connectivity index (χ4v) is 4.18. The third-order valence-electron chi connectivity index (χ3n) is 4.50. The molecule has 1 aliphatic rings. The highest BCUT2D eigenvalue weighted by molar-refractivity contribution is 7.22. The van der Waals surface area contributed by atoms with Gasteiger partial charge in [0.05, 0.1) is 28.4 Å². The van der Waals surface area contributed by atoms with E-state index in [1.807, 2.05) is 24.3 Å². The van der Waals surface area contributed by atoms with Crippen LogP contribution in [-0.4, -0.2) is 36.8 Å². The summed E-state index contributed by atoms with van der Waals surface area (Å²) in [6.45, 7) is -2.05. The Morgan fingerprint density at radius 2 is 2.04 bits per heavy atom. The molecule has 1 fully saturated rings. The van der Waals surface area contributed by atoms with Gasteiger partial charge >= 0.3 is 6.61 Å². The number of halogens is 2. The van der Waals surface area contributed by atoms with E-state index in [9.17, 15) is 13.6 Å². The number of thiazole rings is 1. The number of aromatic nitrogens is 1. The Balaban J connectivity index is 1.71. The average molecular weight is 404 g/mol. The molecule has 1 saturated heterocycles. The SMILES string of the molecule is O=C(c1ccccc1OC(F)F)N(C[C@@H]1CCCO1)c1nc2ccccc2s1. The lowest BCUT2D eigenvalue weighted by Gasteiger charge is -2.24. The molecule has 5 nitrogen and oxygen atoms in total. The number of carbonyl (C=O) groups excluding carboxylic acids is 1. The van der Waals surface area contributed by atoms with Gasteiger partial charge < -0.3 is 9.47 Å². The van der Waals surface area contributed by atoms with Gasteiger partial charge in [-0.05, 0) is 37.1 Å². The number of para-hydroxylation sites is 2. The third-order valence-corrected chi connectivity index (χ3v) is 5.56. The number of carbonyl (C=O) groups is 1. The molecule has 2 aromatic carbocycles. The molecule has 1 amide bonds. The smallest absolute Gasteiger partial charge is 0.387 e. The Morgan fingerprint density at radius 1 is 1.25 bits per heavy atom. The van der Waals surface area contributed by atoms with Crippen molar-refractivity contribution in [3.05, 3.63) is 54.1 Å². The van der Waals surface area contributed by atoms with Crippen LogP contribution in [0.1, 0.15) is 23.2 Å². The first-order chi connectivity index (χ1) is 13.6. The van der Waals surface area contributed by atoms with Gasteiger partial charge in [0.25, 0.3) is 5.91 Å². The lowest BCUT2D eigenvalue weighted by atomic mass is 10.1. The van der Waals surface area contributed by atoms with Crippen LogP contribution in [0.2, 0.25) is 0 Å². The van der Waals surface area contributed by atoms with E-state index < -0.39 is 12.5 Å². The quantitative estimate of drug-likeness (QED) is 0.596. The lowest BCUT2D eigenvalue weighted by Crippen LogP contribution is -2.37. The van der Waals surface area contributed by atoms with Crippen LogP contribution in [0.3, 0.4) is 0 Å². The molecule has 0 spiro atoms. The first-order valence-electron chi connectivity index (χ1n) is 8.94. The summed E-state index contributed by atoms with van der Waals surface area (Å²) in [6, 6.07) is 13.6. The van der Waals surface area contributed by atoms with Crippen molar-refractivity contribution in [1.29, 1.82) is 0 Å². The molecule has 0 bridgehead atoms. The van der Waals surface area contributed by atoms with Gasteiger partial charge in [-0.15, -0.1) is 0 Å². The van der Waals surface area contributed by atoms with Crippen molar-refractivity contribution >= 4 is 32.6 Å². The monoisotopic (exact) mass is 404 g/mol. The van der Waals surface area contributed by atoms with Crippen molar-refractivity contribution in [3.63, 3.8) is 0 Å². The maximum absolute atomic E-state index is 13.3. The summed E-state index contributed by atoms with van der Waals surface area (Å²) < 4.78 is 36.7. The van der Waals surface area contributed by atoms with Crippen LogP contribution in [-0.2, 0) is 4.74 Å². The number of fused-ring (bicyclic) bond motifs is 1. The molecule has 0 N–H and O–H groups in total. The average Bonchev–Trinajstić information content (AvgIpc) is 3.35. The molecule has 0 radical (unpaired) electrons. The number of benzene rings is 2. The van der Waals surface area contributed by atoms with E-state index in [-0.39, 0.29) is 17.4 Å². The van der Waals surface area contributed by atoms with Crippen molar-refractivity contribution in [3.8, 4) is 5.75 Å². The lowest BCUT2D eigenvalue weighted by molar-refractivity contribution is -0.0501. The Hall–Kier alpha value is -2.58. The van der Waals surface area contributed by atoms with Gasteiger partial charge in [-0.1, -0.05) is 35.6 Å². The van der Waals surface area contributed by atoms with Gasteiger partial charge in [0.15, 0.2) is 5.13 Å². The summed E-state index contributed by atoms with van der Waals surface area (Å²) in [6.07, 6.45) is 1.65. The van der Waals surface area contributed by atoms with Gasteiger partial charge in [0.1, 0.15) is 5.75 Å². The topological polar surface area (TPSA) is 51.7 Å². The van der Waals surface area contributed by atoms with Crippen molar-refractivity contribution in [2.75, 3.05) is 18.1 Å². The number of rotatable bonds is 6. The number of amides is 1. The van der Waals surface area contributed by atoms with Crippen LogP contribution in [0.25, 0.3) is 10.2 Å². The highest BCUT2D eigenvalue weighted by Crippen LogP contribution is 2.32. The molecule has 4 rings (SSSR count). The predicted octanol–water partition coefficient (Wildman–Crippen LogP) is 4.72. The Morgan fingerprint density at radius 3 is 2.79 bits per heavy atom. The molecule has 28 heavy (non-hydrogen) atoms. The highest BCUT2D eigenvalue weighted by Gasteiger charge is 2.29. The summed E-state index contributed by atoms with van der Waals surface area (Å²) >= 11 is 1.38. The number of nitrogens with zero attached hydrogens (tertiary/aromatic N) is 2. The normalized spacial score (nSPS) is 16.6. The fourth-order valence-electron chi connectivity index (χ4n) is 3.20. The first-order valence-corrected chi connectivity index (χ1v) is 9.76. The highest BCUT2D eigenvalue weighted by atomic mass is 32.1. The van der Waals surface area contributed by atoms with Crippen LogP contribution < -0.4 is 9.64 Å². The fraction of sp³-hybridized carbons (Fsp3) is 0.300. The molecule has 1 aliphatic heterocycles. The Bertz CT molecular complexity index is 940. The molecule has 1 atom stereocenters. The number of ether oxygens (including phenoxy) is 2. The zero-order valence-corrected chi connectivity index (χ0v) is 15.7. The van der Waals surface area contributed by atoms with Crippen molar-refractivity contribution in [2.45, 2.75) is 25.6 Å². The molecule has 0 aliphatic carbocycles. The van der Waals surface area contributed by atoms with E-state index in [4.69, 9.17) is 4.74 Å². The van der Waals surface area contributed by atoms with Crippen LogP contribution in [0.5, 0.6) is 5.75 Å². The second-order valence-electron chi connectivity index (χ2n) is 6.39. The summed E-state index contributed by atoms with van der Waals surface area (Å²) in [5.41, 5.74) is 0.852. The third kappa shape index (κ3) is 3.98. The minimum absolute atomic E-state index is 0.0695. The number of hydrogen-bond donors (Lipinski definition) is 0. The van der Waals surface area contributed by atoms with Crippen molar-refractivity contribution in [1.82, 2.24) is 4.98 Å². The second-order valence-corrected chi connectivity index (χ2v) is 7.40. The number of anilines is 1. The molecular weight excluding hydrogens is 386 g/mol. The van der Waals surface area contributed by atoms with E-state index in [2.05, 4.69) is 9.72 Å². The minimum Gasteiger partial charge on any atom is -0.434 e. The predicted molar refractivity (Wildman–Crippen MR) is 103 cm³/mol. The molecule has 8 heteroatoms. The van der Waals surface area contributed by atoms with Crippen LogP contribution in [0.4, 0.5) is 13.9 Å². The van der Waals surface area contributed by atoms with E-state index >= 15 is 0 Å². The minimum atomic E-state index is -3.01. The molecule has 3 aromatic rings. The molecular formula is C20H18F2N2O3S. The largest absolute Gasteiger partial charge is 0.434 e. The van der Waals surface area contributed by atoms with E-state index in [1.165, 1.54) is 28.4 Å². The standard InChI is InChI=1S/C20H18F2N2O3S/c21-19(22)27-16-9-3-1-7-14(16)18(25)24(12-13-6-5-11-26-13)20-23-15-8-2-4-10-17(15)28-20/h1-4,7-10,13,19H,5-6,11-12H2/t13-/m0/s1. The Labute approximate surface area is 164 Å². The molecule has 2 heterocycles. The number of alkyl halides is 2. The van der Waals surface area contributed by atoms with Gasteiger partial charge in [0.2, 0.25) is 0 Å². The summed E-state index contributed by atoms with van der Waals surface area (Å²) in [5.74, 6) is -0.591. The summed E-state index contributed by atoms with van der Waals surface area (Å²) in [5, 5.41) is 0.508. The van der Waals surface area contributed by atoms with Crippen molar-refractivity contribution < 1.29 is 23.0 Å². The summed E-state index contributed by atoms with van der Waals surface area (Å²) in [4.78, 5) is 19.4. The van der Waals surface area contributed by atoms with Crippen LogP contribution in [0, 0.1) is 0 Å². The zero-order chi connectivity index (χ0) is 19.5. The van der Waals surface area contributed by atoms with E-state index in [1.54, 1.807) is 12.1 Å². The van der Waals surface area contributed by atoms with Gasteiger partial charge in [-0.25, -0.2) is 4.98 Å². The number of hydrogen-bond acceptors (Lipinski definition) is 5. The molecule has 0 unspecified atom stereocenters. The zero-order valence-electron chi connectivity index (χ0n) is 14.9. The van der Waals surface area contributed by atoms with Gasteiger partial charge in [-0.3, -0.25) is 9.69 Å². The van der Waals surface area contributed by atoms with E-state index in [0.29, 0.717) is 18.3 Å². The summed E-state index contributed by atoms with van der Waals surface area (Å²) in [7, 11) is 0. The van der Waals surface area contributed by atoms with Gasteiger partial charge in [0, 0.05) is 6.61 Å².